The second-order valence-corrected chi connectivity index (χ2v) is 9.10. The Balaban J connectivity index is 1.66. The summed E-state index contributed by atoms with van der Waals surface area (Å²) in [7, 11) is -3.13. The van der Waals surface area contributed by atoms with Gasteiger partial charge in [0.2, 0.25) is 10.0 Å². The predicted molar refractivity (Wildman–Crippen MR) is 103 cm³/mol. The van der Waals surface area contributed by atoms with E-state index in [0.29, 0.717) is 36.0 Å². The van der Waals surface area contributed by atoms with Gasteiger partial charge in [-0.25, -0.2) is 12.7 Å². The summed E-state index contributed by atoms with van der Waals surface area (Å²) >= 11 is 12.0. The summed E-state index contributed by atoms with van der Waals surface area (Å²) < 4.78 is 26.1. The number of halogens is 2. The number of nitrogens with one attached hydrogen (secondary N) is 1. The molecule has 0 unspecified atom stereocenters. The first-order valence-electron chi connectivity index (χ1n) is 8.07. The fraction of sp³-hybridized carbons (Fsp3) is 0.375. The summed E-state index contributed by atoms with van der Waals surface area (Å²) in [4.78, 5) is 12.4. The number of anilines is 1. The highest BCUT2D eigenvalue weighted by atomic mass is 35.5. The fourth-order valence-corrected chi connectivity index (χ4v) is 4.20. The largest absolute Gasteiger partial charge is 0.382 e. The third-order valence-corrected chi connectivity index (χ3v) is 6.68. The van der Waals surface area contributed by atoms with Gasteiger partial charge in [0.15, 0.2) is 0 Å². The maximum atomic E-state index is 12.4. The second-order valence-electron chi connectivity index (χ2n) is 6.03. The first-order valence-corrected chi connectivity index (χ1v) is 10.4. The van der Waals surface area contributed by atoms with Gasteiger partial charge in [0, 0.05) is 30.6 Å². The van der Waals surface area contributed by atoms with Crippen molar-refractivity contribution < 1.29 is 8.42 Å². The first kappa shape index (κ1) is 19.2. The van der Waals surface area contributed by atoms with Crippen LogP contribution in [0.25, 0.3) is 5.69 Å². The van der Waals surface area contributed by atoms with E-state index in [-0.39, 0.29) is 16.7 Å². The van der Waals surface area contributed by atoms with Crippen LogP contribution in [-0.4, -0.2) is 47.9 Å². The molecule has 1 saturated heterocycles. The lowest BCUT2D eigenvalue weighted by molar-refractivity contribution is 0.212. The summed E-state index contributed by atoms with van der Waals surface area (Å²) in [6.45, 7) is 3.08. The topological polar surface area (TPSA) is 84.3 Å². The normalized spacial score (nSPS) is 15.7. The molecule has 0 radical (unpaired) electrons. The summed E-state index contributed by atoms with van der Waals surface area (Å²) in [5, 5.41) is 7.81. The van der Waals surface area contributed by atoms with Crippen molar-refractivity contribution in [1.29, 1.82) is 0 Å². The molecule has 0 saturated carbocycles. The quantitative estimate of drug-likeness (QED) is 0.780. The lowest BCUT2D eigenvalue weighted by Crippen LogP contribution is -2.52. The van der Waals surface area contributed by atoms with E-state index in [2.05, 4.69) is 10.4 Å². The van der Waals surface area contributed by atoms with Crippen LogP contribution in [0.4, 0.5) is 5.69 Å². The molecule has 1 aliphatic heterocycles. The highest BCUT2D eigenvalue weighted by Crippen LogP contribution is 2.22. The lowest BCUT2D eigenvalue weighted by Gasteiger charge is -2.38. The van der Waals surface area contributed by atoms with E-state index in [1.165, 1.54) is 15.2 Å². The molecule has 10 heteroatoms. The van der Waals surface area contributed by atoms with Crippen molar-refractivity contribution >= 4 is 38.9 Å². The van der Waals surface area contributed by atoms with E-state index in [0.717, 1.165) is 0 Å². The van der Waals surface area contributed by atoms with E-state index in [4.69, 9.17) is 23.2 Å². The molecule has 2 aromatic rings. The Morgan fingerprint density at radius 2 is 1.88 bits per heavy atom. The number of hydrogen-bond donors (Lipinski definition) is 1. The minimum absolute atomic E-state index is 0.0345. The molecule has 0 amide bonds. The van der Waals surface area contributed by atoms with Crippen molar-refractivity contribution in [2.75, 3.05) is 30.7 Å². The third kappa shape index (κ3) is 3.88. The van der Waals surface area contributed by atoms with Gasteiger partial charge in [0.1, 0.15) is 5.02 Å². The Morgan fingerprint density at radius 3 is 2.50 bits per heavy atom. The summed E-state index contributed by atoms with van der Waals surface area (Å²) in [5.41, 5.74) is 0.550. The van der Waals surface area contributed by atoms with Crippen LogP contribution >= 0.6 is 23.2 Å². The molecular formula is C16H18Cl2N4O3S. The van der Waals surface area contributed by atoms with Crippen LogP contribution in [0.1, 0.15) is 6.92 Å². The standard InChI is InChI=1S/C16H18Cl2N4O3S/c1-2-26(24,25)21-9-11(10-21)7-19-14-8-20-22(16(23)15(14)18)13-5-3-12(17)4-6-13/h3-6,8,11,19H,2,7,9-10H2,1H3. The van der Waals surface area contributed by atoms with Crippen LogP contribution in [0.2, 0.25) is 10.0 Å². The van der Waals surface area contributed by atoms with Crippen molar-refractivity contribution in [1.82, 2.24) is 14.1 Å². The van der Waals surface area contributed by atoms with Crippen molar-refractivity contribution in [2.45, 2.75) is 6.92 Å². The van der Waals surface area contributed by atoms with Crippen LogP contribution in [-0.2, 0) is 10.0 Å². The van der Waals surface area contributed by atoms with Crippen molar-refractivity contribution in [3.63, 3.8) is 0 Å². The summed E-state index contributed by atoms with van der Waals surface area (Å²) in [6.07, 6.45) is 1.48. The van der Waals surface area contributed by atoms with E-state index in [1.54, 1.807) is 31.2 Å². The maximum Gasteiger partial charge on any atom is 0.292 e. The zero-order chi connectivity index (χ0) is 18.9. The number of aromatic nitrogens is 2. The molecule has 3 rings (SSSR count). The number of benzene rings is 1. The Hall–Kier alpha value is -1.61. The van der Waals surface area contributed by atoms with Crippen LogP contribution in [0.15, 0.2) is 35.3 Å². The molecule has 2 heterocycles. The molecule has 1 aromatic carbocycles. The average molecular weight is 417 g/mol. The highest BCUT2D eigenvalue weighted by Gasteiger charge is 2.34. The van der Waals surface area contributed by atoms with E-state index in [1.807, 2.05) is 0 Å². The molecule has 0 aliphatic carbocycles. The molecule has 1 aromatic heterocycles. The molecule has 26 heavy (non-hydrogen) atoms. The summed E-state index contributed by atoms with van der Waals surface area (Å²) in [6, 6.07) is 6.68. The van der Waals surface area contributed by atoms with E-state index < -0.39 is 15.6 Å². The van der Waals surface area contributed by atoms with Gasteiger partial charge in [-0.05, 0) is 31.2 Å². The SMILES string of the molecule is CCS(=O)(=O)N1CC(CNc2cnn(-c3ccc(Cl)cc3)c(=O)c2Cl)C1. The van der Waals surface area contributed by atoms with Crippen molar-refractivity contribution in [3.8, 4) is 5.69 Å². The number of rotatable bonds is 6. The minimum atomic E-state index is -3.13. The van der Waals surface area contributed by atoms with E-state index in [9.17, 15) is 13.2 Å². The predicted octanol–water partition coefficient (Wildman–Crippen LogP) is 2.23. The highest BCUT2D eigenvalue weighted by molar-refractivity contribution is 7.89. The van der Waals surface area contributed by atoms with Gasteiger partial charge < -0.3 is 5.32 Å². The van der Waals surface area contributed by atoms with Gasteiger partial charge in [-0.3, -0.25) is 4.79 Å². The molecule has 1 N–H and O–H groups in total. The molecule has 1 aliphatic rings. The second kappa shape index (κ2) is 7.56. The molecule has 7 nitrogen and oxygen atoms in total. The summed E-state index contributed by atoms with van der Waals surface area (Å²) in [5.74, 6) is 0.275. The smallest absolute Gasteiger partial charge is 0.292 e. The maximum absolute atomic E-state index is 12.4. The fourth-order valence-electron chi connectivity index (χ4n) is 2.64. The molecule has 140 valence electrons. The van der Waals surface area contributed by atoms with E-state index >= 15 is 0 Å². The van der Waals surface area contributed by atoms with Gasteiger partial charge in [0.25, 0.3) is 5.56 Å². The molecule has 0 bridgehead atoms. The van der Waals surface area contributed by atoms with Crippen LogP contribution in [0.3, 0.4) is 0 Å². The Bertz CT molecular complexity index is 954. The Labute approximate surface area is 161 Å². The van der Waals surface area contributed by atoms with Gasteiger partial charge >= 0.3 is 0 Å². The number of nitrogens with zero attached hydrogens (tertiary/aromatic N) is 3. The molecular weight excluding hydrogens is 399 g/mol. The lowest BCUT2D eigenvalue weighted by atomic mass is 10.0. The van der Waals surface area contributed by atoms with Gasteiger partial charge in [0.05, 0.1) is 23.3 Å². The molecule has 0 spiro atoms. The third-order valence-electron chi connectivity index (χ3n) is 4.25. The number of hydrogen-bond acceptors (Lipinski definition) is 5. The first-order chi connectivity index (χ1) is 12.3. The van der Waals surface area contributed by atoms with Crippen LogP contribution < -0.4 is 10.9 Å². The van der Waals surface area contributed by atoms with Gasteiger partial charge in [-0.15, -0.1) is 0 Å². The monoisotopic (exact) mass is 416 g/mol. The van der Waals surface area contributed by atoms with Crippen LogP contribution in [0, 0.1) is 5.92 Å². The Kier molecular flexibility index (Phi) is 5.57. The van der Waals surface area contributed by atoms with Crippen LogP contribution in [0.5, 0.6) is 0 Å². The Morgan fingerprint density at radius 1 is 1.23 bits per heavy atom. The van der Waals surface area contributed by atoms with Gasteiger partial charge in [-0.1, -0.05) is 23.2 Å². The average Bonchev–Trinajstić information content (AvgIpc) is 2.58. The van der Waals surface area contributed by atoms with Crippen molar-refractivity contribution in [2.24, 2.45) is 5.92 Å². The zero-order valence-corrected chi connectivity index (χ0v) is 16.4. The number of sulfonamides is 1. The zero-order valence-electron chi connectivity index (χ0n) is 14.0. The molecule has 0 atom stereocenters. The minimum Gasteiger partial charge on any atom is -0.382 e. The van der Waals surface area contributed by atoms with Crippen molar-refractivity contribution in [3.05, 3.63) is 50.9 Å². The van der Waals surface area contributed by atoms with Gasteiger partial charge in [-0.2, -0.15) is 9.78 Å². The molecule has 1 fully saturated rings.